The Morgan fingerprint density at radius 3 is 1.92 bits per heavy atom. The van der Waals surface area contributed by atoms with Gasteiger partial charge in [-0.05, 0) is 96.8 Å². The lowest BCUT2D eigenvalue weighted by atomic mass is 10.1. The van der Waals surface area contributed by atoms with E-state index in [0.717, 1.165) is 98.9 Å². The number of fused-ring (bicyclic) bond motifs is 10. The van der Waals surface area contributed by atoms with E-state index in [1.165, 1.54) is 25.7 Å². The normalized spacial score (nSPS) is 12.6. The molecule has 0 fully saturated rings. The Kier molecular flexibility index (Phi) is 15.2. The number of hydrogen-bond donors (Lipinski definition) is 3. The lowest BCUT2D eigenvalue weighted by Gasteiger charge is -2.00. The number of amides is 1. The van der Waals surface area contributed by atoms with Crippen LogP contribution in [0, 0.1) is 0 Å². The molecule has 1 aliphatic heterocycles. The Hall–Kier alpha value is -4.09. The van der Waals surface area contributed by atoms with Crippen LogP contribution in [0.4, 0.5) is 0 Å². The van der Waals surface area contributed by atoms with Crippen molar-refractivity contribution in [3.05, 3.63) is 69.8 Å². The lowest BCUT2D eigenvalue weighted by molar-refractivity contribution is -0.118. The van der Waals surface area contributed by atoms with Crippen LogP contribution in [0.5, 0.6) is 0 Å². The molecular weight excluding hydrogens is 654 g/mol. The van der Waals surface area contributed by atoms with Gasteiger partial charge in [0.05, 0.1) is 65.2 Å². The molecule has 0 saturated heterocycles. The number of carbonyl (C=O) groups is 1. The monoisotopic (exact) mass is 711 g/mol. The molecule has 0 aromatic carbocycles. The van der Waals surface area contributed by atoms with Crippen LogP contribution in [0.1, 0.15) is 92.8 Å². The number of ether oxygens (including phenoxy) is 4. The van der Waals surface area contributed by atoms with E-state index in [-0.39, 0.29) is 5.91 Å². The highest BCUT2D eigenvalue weighted by Gasteiger charge is 2.15. The van der Waals surface area contributed by atoms with E-state index in [0.29, 0.717) is 51.0 Å². The molecule has 0 radical (unpaired) electrons. The van der Waals surface area contributed by atoms with Gasteiger partial charge in [-0.15, -0.1) is 0 Å². The van der Waals surface area contributed by atoms with E-state index in [2.05, 4.69) is 58.3 Å². The minimum Gasteiger partial charge on any atom is -0.384 e. The van der Waals surface area contributed by atoms with E-state index in [1.807, 2.05) is 6.07 Å². The third kappa shape index (κ3) is 10.5. The second-order valence-electron chi connectivity index (χ2n) is 13.6. The van der Waals surface area contributed by atoms with E-state index in [4.69, 9.17) is 28.9 Å². The van der Waals surface area contributed by atoms with Crippen LogP contribution in [0.3, 0.4) is 0 Å². The number of aromatic nitrogens is 4. The van der Waals surface area contributed by atoms with E-state index < -0.39 is 0 Å². The van der Waals surface area contributed by atoms with Gasteiger partial charge in [-0.25, -0.2) is 9.98 Å². The molecule has 4 aromatic rings. The Morgan fingerprint density at radius 1 is 0.635 bits per heavy atom. The van der Waals surface area contributed by atoms with Gasteiger partial charge in [-0.2, -0.15) is 0 Å². The highest BCUT2D eigenvalue weighted by atomic mass is 16.5. The molecule has 5 rings (SSSR count). The Morgan fingerprint density at radius 2 is 1.21 bits per heavy atom. The molecule has 1 amide bonds. The number of hydrogen-bond acceptors (Lipinski definition) is 6. The van der Waals surface area contributed by atoms with Crippen LogP contribution < -0.4 is 5.36 Å². The van der Waals surface area contributed by atoms with Crippen LogP contribution in [-0.4, -0.2) is 80.7 Å². The summed E-state index contributed by atoms with van der Waals surface area (Å²) in [6.45, 7) is 4.50. The molecule has 0 spiro atoms. The van der Waals surface area contributed by atoms with Crippen LogP contribution >= 0.6 is 0 Å². The number of carbonyl (C=O) groups excluding carboxylic acids is 1. The number of nitrogens with zero attached hydrogens (tertiary/aromatic N) is 2. The predicted molar refractivity (Wildman–Crippen MR) is 211 cm³/mol. The molecule has 0 saturated carbocycles. The quantitative estimate of drug-likeness (QED) is 0.0793. The molecule has 280 valence electrons. The largest absolute Gasteiger partial charge is 0.384 e. The molecule has 0 unspecified atom stereocenters. The second-order valence-corrected chi connectivity index (χ2v) is 13.6. The van der Waals surface area contributed by atoms with Gasteiger partial charge < -0.3 is 33.9 Å². The van der Waals surface area contributed by atoms with Crippen molar-refractivity contribution in [2.24, 2.45) is 4.99 Å². The van der Waals surface area contributed by atoms with Gasteiger partial charge in [0.2, 0.25) is 5.91 Å². The summed E-state index contributed by atoms with van der Waals surface area (Å²) >= 11 is 0. The van der Waals surface area contributed by atoms with Crippen molar-refractivity contribution < 1.29 is 23.7 Å². The number of aromatic amines is 3. The molecule has 52 heavy (non-hydrogen) atoms. The first-order valence-corrected chi connectivity index (χ1v) is 18.9. The van der Waals surface area contributed by atoms with Gasteiger partial charge >= 0.3 is 0 Å². The lowest BCUT2D eigenvalue weighted by Crippen LogP contribution is -2.09. The maximum atomic E-state index is 13.6. The maximum Gasteiger partial charge on any atom is 0.246 e. The highest BCUT2D eigenvalue weighted by Crippen LogP contribution is 2.28. The summed E-state index contributed by atoms with van der Waals surface area (Å²) < 4.78 is 22.0. The van der Waals surface area contributed by atoms with Gasteiger partial charge in [0, 0.05) is 45.9 Å². The van der Waals surface area contributed by atoms with Crippen LogP contribution in [0.25, 0.3) is 44.7 Å². The van der Waals surface area contributed by atoms with Gasteiger partial charge in [0.1, 0.15) is 0 Å². The zero-order valence-electron chi connectivity index (χ0n) is 31.8. The zero-order chi connectivity index (χ0) is 36.7. The van der Waals surface area contributed by atoms with Crippen molar-refractivity contribution in [3.63, 3.8) is 0 Å². The van der Waals surface area contributed by atoms with E-state index in [9.17, 15) is 4.79 Å². The van der Waals surface area contributed by atoms with Gasteiger partial charge in [0.25, 0.3) is 0 Å². The number of H-pyrrole nitrogens is 3. The standard InChI is InChI=1S/C42H57N5O5/c1-6-7-8-9-10-11-12-13-41(48)46-40-28-35-31(18-22-51-4)26-37(45-35)36-24-29(16-20-49-2)33(43-36)14-15-34-30(17-21-50-3)25-38(44-34)39-27-32(19-23-52-5)42(40)47-39/h14-15,24-28,44-45,47H,6-13,16-23H2,1-5H3. The third-order valence-electron chi connectivity index (χ3n) is 9.70. The van der Waals surface area contributed by atoms with Crippen LogP contribution in [0.2, 0.25) is 0 Å². The predicted octanol–water partition coefficient (Wildman–Crippen LogP) is 8.24. The average molecular weight is 712 g/mol. The number of nitrogens with one attached hydrogen (secondary N) is 3. The third-order valence-corrected chi connectivity index (χ3v) is 9.70. The Balaban J connectivity index is 1.77. The molecule has 5 heterocycles. The molecule has 8 bridgehead atoms. The fourth-order valence-electron chi connectivity index (χ4n) is 6.76. The van der Waals surface area contributed by atoms with Crippen molar-refractivity contribution in [2.45, 2.75) is 84.0 Å². The fraction of sp³-hybridized carbons (Fsp3) is 0.500. The van der Waals surface area contributed by atoms with E-state index >= 15 is 0 Å². The van der Waals surface area contributed by atoms with Crippen LogP contribution in [0.15, 0.2) is 41.4 Å². The summed E-state index contributed by atoms with van der Waals surface area (Å²) in [5.74, 6) is -0.118. The van der Waals surface area contributed by atoms with Crippen LogP contribution in [-0.2, 0) is 43.0 Å². The van der Waals surface area contributed by atoms with Crippen molar-refractivity contribution >= 4 is 50.7 Å². The fourth-order valence-corrected chi connectivity index (χ4v) is 6.76. The average Bonchev–Trinajstić information content (AvgIpc) is 3.94. The van der Waals surface area contributed by atoms with Crippen molar-refractivity contribution in [1.29, 1.82) is 0 Å². The first kappa shape index (κ1) is 39.1. The van der Waals surface area contributed by atoms with Gasteiger partial charge in [-0.1, -0.05) is 45.4 Å². The first-order valence-electron chi connectivity index (χ1n) is 18.9. The van der Waals surface area contributed by atoms with Gasteiger partial charge in [-0.3, -0.25) is 4.79 Å². The summed E-state index contributed by atoms with van der Waals surface area (Å²) in [4.78, 5) is 34.5. The molecule has 3 N–H and O–H groups in total. The maximum absolute atomic E-state index is 13.6. The number of unbranched alkanes of at least 4 members (excludes halogenated alkanes) is 6. The van der Waals surface area contributed by atoms with Crippen molar-refractivity contribution in [1.82, 2.24) is 19.9 Å². The Labute approximate surface area is 307 Å². The first-order chi connectivity index (χ1) is 25.5. The summed E-state index contributed by atoms with van der Waals surface area (Å²) in [7, 11) is 6.86. The second kappa shape index (κ2) is 20.2. The molecule has 0 atom stereocenters. The summed E-state index contributed by atoms with van der Waals surface area (Å²) in [5.41, 5.74) is 11.5. The summed E-state index contributed by atoms with van der Waals surface area (Å²) in [6.07, 6.45) is 13.4. The van der Waals surface area contributed by atoms with E-state index in [1.54, 1.807) is 28.4 Å². The number of rotatable bonds is 20. The topological polar surface area (TPSA) is 127 Å². The summed E-state index contributed by atoms with van der Waals surface area (Å²) in [6, 6.07) is 12.7. The molecule has 1 aliphatic rings. The minimum absolute atomic E-state index is 0.118. The molecular formula is C42H57N5O5. The van der Waals surface area contributed by atoms with Crippen molar-refractivity contribution in [3.8, 4) is 0 Å². The summed E-state index contributed by atoms with van der Waals surface area (Å²) in [5, 5.41) is 0.590. The number of methoxy groups -OCH3 is 4. The smallest absolute Gasteiger partial charge is 0.246 e. The van der Waals surface area contributed by atoms with Gasteiger partial charge in [0.15, 0.2) is 0 Å². The molecule has 4 aromatic heterocycles. The molecule has 0 aliphatic carbocycles. The minimum atomic E-state index is -0.118. The highest BCUT2D eigenvalue weighted by molar-refractivity contribution is 5.89. The SMILES string of the molecule is CCCCCCCCCC(=O)N=c1cc2[nH]c(cc2CCOC)c2nc(ccc3[nH]c(cc3CCOC)c3cc(CCOC)c1[nH]3)C(CCOC)=C2. The Bertz CT molecular complexity index is 2000. The molecule has 10 heteroatoms. The van der Waals surface area contributed by atoms with Crippen molar-refractivity contribution in [2.75, 3.05) is 54.9 Å². The zero-order valence-corrected chi connectivity index (χ0v) is 31.8. The molecule has 10 nitrogen and oxygen atoms in total.